The second-order valence-electron chi connectivity index (χ2n) is 3.93. The van der Waals surface area contributed by atoms with Crippen LogP contribution in [0.2, 0.25) is 0 Å². The molecule has 0 aliphatic carbocycles. The SMILES string of the molecule is CCOC(=O)NCCCn1cnc2ccccc21. The predicted octanol–water partition coefficient (Wildman–Crippen LogP) is 2.17. The fourth-order valence-corrected chi connectivity index (χ4v) is 1.81. The molecule has 2 aromatic rings. The van der Waals surface area contributed by atoms with Crippen molar-refractivity contribution in [3.8, 4) is 0 Å². The zero-order chi connectivity index (χ0) is 12.8. The first-order chi connectivity index (χ1) is 8.81. The van der Waals surface area contributed by atoms with E-state index < -0.39 is 0 Å². The average molecular weight is 247 g/mol. The number of carbonyl (C=O) groups excluding carboxylic acids is 1. The van der Waals surface area contributed by atoms with E-state index in [0.29, 0.717) is 13.2 Å². The molecule has 1 aromatic heterocycles. The lowest BCUT2D eigenvalue weighted by Gasteiger charge is -2.06. The highest BCUT2D eigenvalue weighted by Crippen LogP contribution is 2.11. The summed E-state index contributed by atoms with van der Waals surface area (Å²) in [5, 5.41) is 2.70. The third kappa shape index (κ3) is 3.00. The van der Waals surface area contributed by atoms with Crippen molar-refractivity contribution < 1.29 is 9.53 Å². The quantitative estimate of drug-likeness (QED) is 0.824. The van der Waals surface area contributed by atoms with Gasteiger partial charge in [-0.15, -0.1) is 0 Å². The summed E-state index contributed by atoms with van der Waals surface area (Å²) in [5.41, 5.74) is 2.12. The molecule has 0 bridgehead atoms. The molecule has 0 saturated heterocycles. The maximum atomic E-state index is 11.1. The van der Waals surface area contributed by atoms with Gasteiger partial charge >= 0.3 is 6.09 Å². The van der Waals surface area contributed by atoms with E-state index in [9.17, 15) is 4.79 Å². The molecule has 5 heteroatoms. The molecule has 0 atom stereocenters. The summed E-state index contributed by atoms with van der Waals surface area (Å²) in [6.07, 6.45) is 2.32. The first-order valence-corrected chi connectivity index (χ1v) is 6.11. The summed E-state index contributed by atoms with van der Waals surface area (Å²) < 4.78 is 6.87. The van der Waals surface area contributed by atoms with Crippen LogP contribution in [-0.2, 0) is 11.3 Å². The Morgan fingerprint density at radius 3 is 3.11 bits per heavy atom. The average Bonchev–Trinajstić information content (AvgIpc) is 2.78. The van der Waals surface area contributed by atoms with Crippen LogP contribution in [0.4, 0.5) is 4.79 Å². The number of hydrogen-bond donors (Lipinski definition) is 1. The topological polar surface area (TPSA) is 56.1 Å². The number of para-hydroxylation sites is 2. The van der Waals surface area contributed by atoms with Gasteiger partial charge in [-0.1, -0.05) is 12.1 Å². The summed E-state index contributed by atoms with van der Waals surface area (Å²) in [6.45, 7) is 3.62. The number of nitrogens with zero attached hydrogens (tertiary/aromatic N) is 2. The molecule has 96 valence electrons. The van der Waals surface area contributed by atoms with Crippen LogP contribution < -0.4 is 5.32 Å². The Morgan fingerprint density at radius 1 is 1.44 bits per heavy atom. The summed E-state index contributed by atoms with van der Waals surface area (Å²) in [5.74, 6) is 0. The number of alkyl carbamates (subject to hydrolysis) is 1. The number of imidazole rings is 1. The van der Waals surface area contributed by atoms with Gasteiger partial charge in [0.1, 0.15) is 0 Å². The summed E-state index contributed by atoms with van der Waals surface area (Å²) >= 11 is 0. The van der Waals surface area contributed by atoms with Crippen molar-refractivity contribution in [3.05, 3.63) is 30.6 Å². The number of carbonyl (C=O) groups is 1. The number of aromatic nitrogens is 2. The van der Waals surface area contributed by atoms with Crippen molar-refractivity contribution in [1.29, 1.82) is 0 Å². The molecule has 0 aliphatic rings. The lowest BCUT2D eigenvalue weighted by atomic mass is 10.3. The van der Waals surface area contributed by atoms with Crippen LogP contribution in [0.5, 0.6) is 0 Å². The monoisotopic (exact) mass is 247 g/mol. The van der Waals surface area contributed by atoms with Gasteiger partial charge in [-0.05, 0) is 25.5 Å². The van der Waals surface area contributed by atoms with Crippen molar-refractivity contribution in [2.24, 2.45) is 0 Å². The fourth-order valence-electron chi connectivity index (χ4n) is 1.81. The molecule has 1 aromatic carbocycles. The third-order valence-electron chi connectivity index (χ3n) is 2.65. The van der Waals surface area contributed by atoms with Crippen molar-refractivity contribution in [1.82, 2.24) is 14.9 Å². The van der Waals surface area contributed by atoms with Crippen molar-refractivity contribution in [3.63, 3.8) is 0 Å². The lowest BCUT2D eigenvalue weighted by molar-refractivity contribution is 0.152. The number of aryl methyl sites for hydroxylation is 1. The number of nitrogens with one attached hydrogen (secondary N) is 1. The Hall–Kier alpha value is -2.04. The second-order valence-corrected chi connectivity index (χ2v) is 3.93. The molecule has 0 unspecified atom stereocenters. The zero-order valence-corrected chi connectivity index (χ0v) is 10.4. The Labute approximate surface area is 106 Å². The largest absolute Gasteiger partial charge is 0.450 e. The predicted molar refractivity (Wildman–Crippen MR) is 69.4 cm³/mol. The summed E-state index contributed by atoms with van der Waals surface area (Å²) in [7, 11) is 0. The molecule has 2 rings (SSSR count). The minimum Gasteiger partial charge on any atom is -0.450 e. The van der Waals surface area contributed by atoms with Gasteiger partial charge in [0.15, 0.2) is 0 Å². The molecule has 0 radical (unpaired) electrons. The van der Waals surface area contributed by atoms with Gasteiger partial charge in [-0.25, -0.2) is 9.78 Å². The van der Waals surface area contributed by atoms with Crippen LogP contribution in [-0.4, -0.2) is 28.8 Å². The van der Waals surface area contributed by atoms with Crippen LogP contribution in [0, 0.1) is 0 Å². The Bertz CT molecular complexity index is 522. The smallest absolute Gasteiger partial charge is 0.407 e. The van der Waals surface area contributed by atoms with Crippen LogP contribution >= 0.6 is 0 Å². The number of hydrogen-bond acceptors (Lipinski definition) is 3. The summed E-state index contributed by atoms with van der Waals surface area (Å²) in [4.78, 5) is 15.4. The second kappa shape index (κ2) is 6.05. The van der Waals surface area contributed by atoms with Crippen molar-refractivity contribution >= 4 is 17.1 Å². The molecule has 1 N–H and O–H groups in total. The van der Waals surface area contributed by atoms with Gasteiger partial charge < -0.3 is 14.6 Å². The lowest BCUT2D eigenvalue weighted by Crippen LogP contribution is -2.25. The van der Waals surface area contributed by atoms with E-state index >= 15 is 0 Å². The molecular weight excluding hydrogens is 230 g/mol. The number of amides is 1. The molecule has 0 spiro atoms. The normalized spacial score (nSPS) is 10.5. The van der Waals surface area contributed by atoms with Gasteiger partial charge in [0, 0.05) is 13.1 Å². The Balaban J connectivity index is 1.82. The molecule has 1 amide bonds. The van der Waals surface area contributed by atoms with Gasteiger partial charge in [-0.3, -0.25) is 0 Å². The van der Waals surface area contributed by atoms with Gasteiger partial charge in [0.25, 0.3) is 0 Å². The molecule has 1 heterocycles. The molecule has 5 nitrogen and oxygen atoms in total. The highest BCUT2D eigenvalue weighted by Gasteiger charge is 2.02. The molecular formula is C13H17N3O2. The Morgan fingerprint density at radius 2 is 2.28 bits per heavy atom. The van der Waals surface area contributed by atoms with Gasteiger partial charge in [-0.2, -0.15) is 0 Å². The van der Waals surface area contributed by atoms with E-state index in [1.54, 1.807) is 6.92 Å². The van der Waals surface area contributed by atoms with E-state index in [4.69, 9.17) is 4.74 Å². The zero-order valence-electron chi connectivity index (χ0n) is 10.4. The minimum absolute atomic E-state index is 0.354. The van der Waals surface area contributed by atoms with E-state index in [-0.39, 0.29) is 6.09 Å². The van der Waals surface area contributed by atoms with Gasteiger partial charge in [0.05, 0.1) is 24.0 Å². The highest BCUT2D eigenvalue weighted by molar-refractivity contribution is 5.74. The maximum absolute atomic E-state index is 11.1. The number of fused-ring (bicyclic) bond motifs is 1. The van der Waals surface area contributed by atoms with E-state index in [0.717, 1.165) is 24.0 Å². The maximum Gasteiger partial charge on any atom is 0.407 e. The number of rotatable bonds is 5. The summed E-state index contributed by atoms with van der Waals surface area (Å²) in [6, 6.07) is 8.00. The van der Waals surface area contributed by atoms with Gasteiger partial charge in [0.2, 0.25) is 0 Å². The molecule has 0 fully saturated rings. The standard InChI is InChI=1S/C13H17N3O2/c1-2-18-13(17)14-8-5-9-16-10-15-11-6-3-4-7-12(11)16/h3-4,6-7,10H,2,5,8-9H2,1H3,(H,14,17). The van der Waals surface area contributed by atoms with Crippen LogP contribution in [0.1, 0.15) is 13.3 Å². The molecule has 18 heavy (non-hydrogen) atoms. The molecule has 0 saturated carbocycles. The third-order valence-corrected chi connectivity index (χ3v) is 2.65. The van der Waals surface area contributed by atoms with Crippen LogP contribution in [0.25, 0.3) is 11.0 Å². The van der Waals surface area contributed by atoms with E-state index in [1.165, 1.54) is 0 Å². The molecule has 0 aliphatic heterocycles. The fraction of sp³-hybridized carbons (Fsp3) is 0.385. The number of benzene rings is 1. The van der Waals surface area contributed by atoms with Crippen molar-refractivity contribution in [2.45, 2.75) is 19.9 Å². The minimum atomic E-state index is -0.354. The van der Waals surface area contributed by atoms with Crippen molar-refractivity contribution in [2.75, 3.05) is 13.2 Å². The highest BCUT2D eigenvalue weighted by atomic mass is 16.5. The van der Waals surface area contributed by atoms with Crippen LogP contribution in [0.15, 0.2) is 30.6 Å². The first kappa shape index (κ1) is 12.4. The first-order valence-electron chi connectivity index (χ1n) is 6.11. The Kier molecular flexibility index (Phi) is 4.17. The van der Waals surface area contributed by atoms with E-state index in [1.807, 2.05) is 30.6 Å². The van der Waals surface area contributed by atoms with Crippen LogP contribution in [0.3, 0.4) is 0 Å². The van der Waals surface area contributed by atoms with E-state index in [2.05, 4.69) is 14.9 Å². The number of ether oxygens (including phenoxy) is 1.